The molecular weight excluding hydrogens is 338 g/mol. The fourth-order valence-electron chi connectivity index (χ4n) is 2.39. The van der Waals surface area contributed by atoms with Gasteiger partial charge in [-0.3, -0.25) is 9.59 Å². The first-order valence-electron chi connectivity index (χ1n) is 7.78. The molecule has 0 spiro atoms. The van der Waals surface area contributed by atoms with Crippen molar-refractivity contribution in [3.8, 4) is 0 Å². The number of anilines is 1. The first-order valence-corrected chi connectivity index (χ1v) is 7.78. The van der Waals surface area contributed by atoms with E-state index in [1.807, 2.05) is 0 Å². The Labute approximate surface area is 148 Å². The monoisotopic (exact) mass is 352 g/mol. The van der Waals surface area contributed by atoms with Crippen LogP contribution < -0.4 is 4.90 Å². The van der Waals surface area contributed by atoms with Gasteiger partial charge in [0.15, 0.2) is 0 Å². The van der Waals surface area contributed by atoms with Crippen molar-refractivity contribution in [2.24, 2.45) is 0 Å². The van der Waals surface area contributed by atoms with Crippen LogP contribution in [0.3, 0.4) is 0 Å². The summed E-state index contributed by atoms with van der Waals surface area (Å²) >= 11 is 0. The topological polar surface area (TPSA) is 50.3 Å². The van der Waals surface area contributed by atoms with Crippen molar-refractivity contribution in [1.82, 2.24) is 4.98 Å². The van der Waals surface area contributed by atoms with E-state index < -0.39 is 23.4 Å². The number of carbonyl (C=O) groups excluding carboxylic acids is 2. The molecule has 6 heteroatoms. The number of imide groups is 1. The van der Waals surface area contributed by atoms with E-state index >= 15 is 0 Å². The minimum absolute atomic E-state index is 0.130. The second-order valence-corrected chi connectivity index (χ2v) is 5.65. The van der Waals surface area contributed by atoms with E-state index in [2.05, 4.69) is 4.98 Å². The number of carbonyl (C=O) groups is 2. The van der Waals surface area contributed by atoms with Crippen molar-refractivity contribution in [2.45, 2.75) is 6.92 Å². The first kappa shape index (κ1) is 17.4. The summed E-state index contributed by atoms with van der Waals surface area (Å²) in [5, 5.41) is 0. The summed E-state index contributed by atoms with van der Waals surface area (Å²) in [6.45, 7) is 1.80. The molecule has 0 unspecified atom stereocenters. The van der Waals surface area contributed by atoms with Gasteiger partial charge >= 0.3 is 0 Å². The molecule has 2 aromatic carbocycles. The van der Waals surface area contributed by atoms with E-state index in [9.17, 15) is 18.4 Å². The zero-order chi connectivity index (χ0) is 18.7. The van der Waals surface area contributed by atoms with Crippen molar-refractivity contribution in [2.75, 3.05) is 4.90 Å². The van der Waals surface area contributed by atoms with Gasteiger partial charge in [-0.15, -0.1) is 0 Å². The van der Waals surface area contributed by atoms with Gasteiger partial charge in [0.05, 0.1) is 0 Å². The minimum atomic E-state index is -0.655. The molecule has 0 atom stereocenters. The number of benzene rings is 2. The van der Waals surface area contributed by atoms with Gasteiger partial charge in [0.25, 0.3) is 11.8 Å². The lowest BCUT2D eigenvalue weighted by Crippen LogP contribution is -2.37. The number of nitrogens with zero attached hydrogens (tertiary/aromatic N) is 2. The van der Waals surface area contributed by atoms with Crippen LogP contribution in [-0.2, 0) is 0 Å². The molecule has 3 aromatic rings. The van der Waals surface area contributed by atoms with Crippen LogP contribution in [0, 0.1) is 18.6 Å². The lowest BCUT2D eigenvalue weighted by molar-refractivity contribution is 0.0896. The molecule has 3 rings (SSSR count). The van der Waals surface area contributed by atoms with Gasteiger partial charge in [0.1, 0.15) is 17.5 Å². The predicted molar refractivity (Wildman–Crippen MR) is 92.9 cm³/mol. The van der Waals surface area contributed by atoms with Crippen molar-refractivity contribution >= 4 is 17.6 Å². The summed E-state index contributed by atoms with van der Waals surface area (Å²) in [4.78, 5) is 30.8. The number of halogens is 2. The molecule has 0 fully saturated rings. The summed E-state index contributed by atoms with van der Waals surface area (Å²) in [6.07, 6.45) is 1.48. The second-order valence-electron chi connectivity index (χ2n) is 5.65. The molecule has 0 N–H and O–H groups in total. The predicted octanol–water partition coefficient (Wildman–Crippen LogP) is 4.16. The molecule has 0 saturated heterocycles. The van der Waals surface area contributed by atoms with Gasteiger partial charge in [-0.25, -0.2) is 18.7 Å². The molecule has 0 aliphatic carbocycles. The number of rotatable bonds is 3. The maximum Gasteiger partial charge on any atom is 0.266 e. The molecule has 4 nitrogen and oxygen atoms in total. The van der Waals surface area contributed by atoms with E-state index in [0.29, 0.717) is 0 Å². The third-order valence-corrected chi connectivity index (χ3v) is 3.72. The molecular formula is C20H14F2N2O2. The van der Waals surface area contributed by atoms with Crippen LogP contribution in [0.2, 0.25) is 0 Å². The van der Waals surface area contributed by atoms with Gasteiger partial charge in [-0.1, -0.05) is 0 Å². The van der Waals surface area contributed by atoms with Crippen LogP contribution in [0.1, 0.15) is 26.3 Å². The van der Waals surface area contributed by atoms with Crippen molar-refractivity contribution < 1.29 is 18.4 Å². The molecule has 0 saturated carbocycles. The highest BCUT2D eigenvalue weighted by molar-refractivity contribution is 6.25. The normalized spacial score (nSPS) is 10.4. The number of aryl methyl sites for hydroxylation is 1. The van der Waals surface area contributed by atoms with Gasteiger partial charge in [-0.2, -0.15) is 0 Å². The van der Waals surface area contributed by atoms with Crippen molar-refractivity contribution in [1.29, 1.82) is 0 Å². The molecule has 2 amide bonds. The highest BCUT2D eigenvalue weighted by Gasteiger charge is 2.27. The summed E-state index contributed by atoms with van der Waals surface area (Å²) in [5.74, 6) is -2.17. The standard InChI is InChI=1S/C20H14F2N2O2/c1-13-10-11-23-18(12-13)24(19(25)14-2-6-16(21)7-3-14)20(26)15-4-8-17(22)9-5-15/h2-12H,1H3. The summed E-state index contributed by atoms with van der Waals surface area (Å²) in [7, 11) is 0. The smallest absolute Gasteiger partial charge is 0.266 e. The highest BCUT2D eigenvalue weighted by atomic mass is 19.1. The maximum atomic E-state index is 13.1. The zero-order valence-electron chi connectivity index (χ0n) is 13.8. The van der Waals surface area contributed by atoms with Crippen LogP contribution in [-0.4, -0.2) is 16.8 Å². The molecule has 0 aliphatic heterocycles. The number of hydrogen-bond donors (Lipinski definition) is 0. The summed E-state index contributed by atoms with van der Waals surface area (Å²) < 4.78 is 26.3. The largest absolute Gasteiger partial charge is 0.268 e. The number of aromatic nitrogens is 1. The van der Waals surface area contributed by atoms with Crippen LogP contribution in [0.15, 0.2) is 66.9 Å². The van der Waals surface area contributed by atoms with Crippen LogP contribution in [0.25, 0.3) is 0 Å². The fourth-order valence-corrected chi connectivity index (χ4v) is 2.39. The lowest BCUT2D eigenvalue weighted by atomic mass is 10.1. The van der Waals surface area contributed by atoms with Gasteiger partial charge in [0.2, 0.25) is 0 Å². The lowest BCUT2D eigenvalue weighted by Gasteiger charge is -2.20. The molecule has 0 aliphatic rings. The molecule has 130 valence electrons. The summed E-state index contributed by atoms with van der Waals surface area (Å²) in [5.41, 5.74) is 1.06. The van der Waals surface area contributed by atoms with E-state index in [4.69, 9.17) is 0 Å². The van der Waals surface area contributed by atoms with Crippen molar-refractivity contribution in [3.05, 3.63) is 95.2 Å². The fraction of sp³-hybridized carbons (Fsp3) is 0.0500. The SMILES string of the molecule is Cc1ccnc(N(C(=O)c2ccc(F)cc2)C(=O)c2ccc(F)cc2)c1. The molecule has 0 radical (unpaired) electrons. The number of pyridine rings is 1. The minimum Gasteiger partial charge on any atom is -0.268 e. The van der Waals surface area contributed by atoms with E-state index in [1.165, 1.54) is 30.5 Å². The summed E-state index contributed by atoms with van der Waals surface area (Å²) in [6, 6.07) is 13.0. The Bertz CT molecular complexity index is 897. The third-order valence-electron chi connectivity index (χ3n) is 3.72. The Morgan fingerprint density at radius 3 is 1.69 bits per heavy atom. The average Bonchev–Trinajstić information content (AvgIpc) is 2.63. The van der Waals surface area contributed by atoms with Gasteiger partial charge < -0.3 is 0 Å². The second kappa shape index (κ2) is 7.23. The van der Waals surface area contributed by atoms with Crippen LogP contribution in [0.5, 0.6) is 0 Å². The van der Waals surface area contributed by atoms with E-state index in [-0.39, 0.29) is 16.9 Å². The van der Waals surface area contributed by atoms with Gasteiger partial charge in [-0.05, 0) is 73.2 Å². The Balaban J connectivity index is 2.06. The molecule has 26 heavy (non-hydrogen) atoms. The third kappa shape index (κ3) is 3.64. The molecule has 1 heterocycles. The van der Waals surface area contributed by atoms with Crippen LogP contribution >= 0.6 is 0 Å². The highest BCUT2D eigenvalue weighted by Crippen LogP contribution is 2.20. The Morgan fingerprint density at radius 2 is 1.27 bits per heavy atom. The zero-order valence-corrected chi connectivity index (χ0v) is 13.8. The van der Waals surface area contributed by atoms with E-state index in [0.717, 1.165) is 34.7 Å². The Kier molecular flexibility index (Phi) is 4.84. The molecule has 0 bridgehead atoms. The van der Waals surface area contributed by atoms with E-state index in [1.54, 1.807) is 19.1 Å². The average molecular weight is 352 g/mol. The number of amides is 2. The maximum absolute atomic E-state index is 13.1. The molecule has 1 aromatic heterocycles. The Morgan fingerprint density at radius 1 is 0.808 bits per heavy atom. The quantitative estimate of drug-likeness (QED) is 0.665. The number of hydrogen-bond acceptors (Lipinski definition) is 3. The van der Waals surface area contributed by atoms with Crippen molar-refractivity contribution in [3.63, 3.8) is 0 Å². The first-order chi connectivity index (χ1) is 12.5. The van der Waals surface area contributed by atoms with Crippen LogP contribution in [0.4, 0.5) is 14.6 Å². The van der Waals surface area contributed by atoms with Gasteiger partial charge in [0, 0.05) is 17.3 Å². The Hall–Kier alpha value is -3.41.